The number of aliphatic carboxylic acids is 1. The molecular weight excluding hydrogens is 311 g/mol. The lowest BCUT2D eigenvalue weighted by Gasteiger charge is -2.06. The fourth-order valence-corrected chi connectivity index (χ4v) is 1.98. The Labute approximate surface area is 110 Å². The summed E-state index contributed by atoms with van der Waals surface area (Å²) in [7, 11) is 0. The Hall–Kier alpha value is -1.14. The molecule has 1 saturated carbocycles. The second-order valence-corrected chi connectivity index (χ2v) is 5.04. The molecule has 0 saturated heterocycles. The Kier molecular flexibility index (Phi) is 3.35. The van der Waals surface area contributed by atoms with Crippen LogP contribution in [0.25, 0.3) is 0 Å². The van der Waals surface area contributed by atoms with Gasteiger partial charge in [-0.05, 0) is 28.4 Å². The Morgan fingerprint density at radius 2 is 2.24 bits per heavy atom. The zero-order chi connectivity index (χ0) is 12.6. The highest BCUT2D eigenvalue weighted by molar-refractivity contribution is 9.10. The lowest BCUT2D eigenvalue weighted by molar-refractivity contribution is -0.139. The molecule has 0 spiro atoms. The third kappa shape index (κ3) is 2.76. The average Bonchev–Trinajstić information content (AvgIpc) is 3.03. The third-order valence-corrected chi connectivity index (χ3v) is 3.24. The number of nitrogens with one attached hydrogen (secondary N) is 1. The minimum absolute atomic E-state index is 0.175. The van der Waals surface area contributed by atoms with Gasteiger partial charge in [0.2, 0.25) is 5.91 Å². The number of carboxylic acids is 1. The van der Waals surface area contributed by atoms with Gasteiger partial charge in [0.05, 0.1) is 17.5 Å². The van der Waals surface area contributed by atoms with Crippen molar-refractivity contribution < 1.29 is 14.7 Å². The number of anilines is 1. The van der Waals surface area contributed by atoms with Crippen LogP contribution in [0.5, 0.6) is 0 Å². The summed E-state index contributed by atoms with van der Waals surface area (Å²) in [6, 6.07) is 1.62. The zero-order valence-corrected chi connectivity index (χ0v) is 10.8. The number of carbonyl (C=O) groups excluding carboxylic acids is 1. The molecule has 5 nitrogen and oxygen atoms in total. The van der Waals surface area contributed by atoms with Crippen molar-refractivity contribution in [3.05, 3.63) is 21.9 Å². The van der Waals surface area contributed by atoms with Gasteiger partial charge in [-0.1, -0.05) is 11.6 Å². The van der Waals surface area contributed by atoms with E-state index in [0.717, 1.165) is 0 Å². The summed E-state index contributed by atoms with van der Waals surface area (Å²) < 4.78 is 0.683. The average molecular weight is 320 g/mol. The minimum Gasteiger partial charge on any atom is -0.481 e. The molecule has 0 aromatic carbocycles. The van der Waals surface area contributed by atoms with E-state index >= 15 is 0 Å². The first kappa shape index (κ1) is 12.3. The molecule has 0 unspecified atom stereocenters. The number of aromatic nitrogens is 1. The molecule has 7 heteroatoms. The van der Waals surface area contributed by atoms with Crippen LogP contribution in [0, 0.1) is 11.8 Å². The van der Waals surface area contributed by atoms with Gasteiger partial charge in [-0.2, -0.15) is 0 Å². The molecule has 0 bridgehead atoms. The highest BCUT2D eigenvalue weighted by atomic mass is 79.9. The fraction of sp³-hybridized carbons (Fsp3) is 0.300. The Morgan fingerprint density at radius 1 is 1.53 bits per heavy atom. The summed E-state index contributed by atoms with van der Waals surface area (Å²) in [5.74, 6) is -2.32. The molecule has 17 heavy (non-hydrogen) atoms. The van der Waals surface area contributed by atoms with E-state index in [1.807, 2.05) is 0 Å². The maximum absolute atomic E-state index is 11.7. The summed E-state index contributed by atoms with van der Waals surface area (Å²) in [5.41, 5.74) is 0.377. The number of amides is 1. The van der Waals surface area contributed by atoms with Crippen molar-refractivity contribution in [1.82, 2.24) is 4.98 Å². The van der Waals surface area contributed by atoms with Crippen molar-refractivity contribution in [1.29, 1.82) is 0 Å². The van der Waals surface area contributed by atoms with E-state index in [-0.39, 0.29) is 11.1 Å². The number of rotatable bonds is 3. The number of pyridine rings is 1. The predicted molar refractivity (Wildman–Crippen MR) is 64.8 cm³/mol. The molecule has 0 aliphatic heterocycles. The molecule has 2 N–H and O–H groups in total. The Morgan fingerprint density at radius 3 is 2.82 bits per heavy atom. The molecule has 1 aliphatic rings. The van der Waals surface area contributed by atoms with Gasteiger partial charge < -0.3 is 10.4 Å². The molecule has 1 aliphatic carbocycles. The minimum atomic E-state index is -0.941. The van der Waals surface area contributed by atoms with Gasteiger partial charge in [0.1, 0.15) is 0 Å². The molecular formula is C10H8BrClN2O3. The van der Waals surface area contributed by atoms with Gasteiger partial charge in [-0.25, -0.2) is 4.98 Å². The summed E-state index contributed by atoms with van der Waals surface area (Å²) >= 11 is 9.01. The molecule has 90 valence electrons. The van der Waals surface area contributed by atoms with Crippen molar-refractivity contribution in [2.24, 2.45) is 11.8 Å². The third-order valence-electron chi connectivity index (χ3n) is 2.51. The molecule has 1 amide bonds. The smallest absolute Gasteiger partial charge is 0.307 e. The highest BCUT2D eigenvalue weighted by Crippen LogP contribution is 2.39. The number of hydrogen-bond donors (Lipinski definition) is 2. The summed E-state index contributed by atoms with van der Waals surface area (Å²) in [6.07, 6.45) is 1.88. The summed E-state index contributed by atoms with van der Waals surface area (Å²) in [5, 5.41) is 11.5. The second kappa shape index (κ2) is 4.62. The van der Waals surface area contributed by atoms with Crippen molar-refractivity contribution in [3.63, 3.8) is 0 Å². The number of carboxylic acid groups (broad SMARTS) is 1. The maximum Gasteiger partial charge on any atom is 0.307 e. The molecule has 1 aromatic rings. The highest BCUT2D eigenvalue weighted by Gasteiger charge is 2.48. The van der Waals surface area contributed by atoms with Gasteiger partial charge in [-0.3, -0.25) is 9.59 Å². The van der Waals surface area contributed by atoms with Gasteiger partial charge >= 0.3 is 5.97 Å². The molecule has 2 rings (SSSR count). The van der Waals surface area contributed by atoms with Crippen LogP contribution in [0.2, 0.25) is 5.15 Å². The van der Waals surface area contributed by atoms with E-state index in [1.165, 1.54) is 6.20 Å². The topological polar surface area (TPSA) is 79.3 Å². The van der Waals surface area contributed by atoms with Crippen LogP contribution < -0.4 is 5.32 Å². The van der Waals surface area contributed by atoms with Crippen LogP contribution in [0.3, 0.4) is 0 Å². The number of hydrogen-bond acceptors (Lipinski definition) is 3. The molecule has 1 aromatic heterocycles. The van der Waals surface area contributed by atoms with E-state index in [0.29, 0.717) is 16.6 Å². The van der Waals surface area contributed by atoms with Crippen molar-refractivity contribution in [2.45, 2.75) is 6.42 Å². The predicted octanol–water partition coefficient (Wildman–Crippen LogP) is 2.16. The normalized spacial score (nSPS) is 22.0. The standard InChI is InChI=1S/C10H8BrClN2O3/c11-4-1-7(8(12)13-3-4)14-9(15)5-2-6(5)10(16)17/h1,3,5-6H,2H2,(H,14,15)(H,16,17)/t5-,6+/m1/s1. The van der Waals surface area contributed by atoms with E-state index in [4.69, 9.17) is 16.7 Å². The van der Waals surface area contributed by atoms with Gasteiger partial charge in [0, 0.05) is 10.7 Å². The SMILES string of the molecule is O=C(O)[C@H]1C[C@H]1C(=O)Nc1cc(Br)cnc1Cl. The zero-order valence-electron chi connectivity index (χ0n) is 8.48. The van der Waals surface area contributed by atoms with Crippen LogP contribution in [-0.2, 0) is 9.59 Å². The number of halogens is 2. The van der Waals surface area contributed by atoms with Crippen LogP contribution in [0.15, 0.2) is 16.7 Å². The van der Waals surface area contributed by atoms with Crippen molar-refractivity contribution >= 4 is 45.1 Å². The quantitative estimate of drug-likeness (QED) is 0.837. The second-order valence-electron chi connectivity index (χ2n) is 3.77. The first-order valence-corrected chi connectivity index (χ1v) is 6.01. The van der Waals surface area contributed by atoms with E-state index in [9.17, 15) is 9.59 Å². The molecule has 0 radical (unpaired) electrons. The number of carbonyl (C=O) groups is 2. The van der Waals surface area contributed by atoms with E-state index in [2.05, 4.69) is 26.2 Å². The summed E-state index contributed by atoms with van der Waals surface area (Å²) in [6.45, 7) is 0. The van der Waals surface area contributed by atoms with E-state index < -0.39 is 17.8 Å². The fourth-order valence-electron chi connectivity index (χ4n) is 1.49. The van der Waals surface area contributed by atoms with E-state index in [1.54, 1.807) is 6.07 Å². The van der Waals surface area contributed by atoms with Gasteiger partial charge in [0.15, 0.2) is 5.15 Å². The number of nitrogens with zero attached hydrogens (tertiary/aromatic N) is 1. The van der Waals surface area contributed by atoms with Gasteiger partial charge in [-0.15, -0.1) is 0 Å². The summed E-state index contributed by atoms with van der Waals surface area (Å²) in [4.78, 5) is 26.2. The lowest BCUT2D eigenvalue weighted by Crippen LogP contribution is -2.17. The van der Waals surface area contributed by atoms with Gasteiger partial charge in [0.25, 0.3) is 0 Å². The van der Waals surface area contributed by atoms with Crippen LogP contribution in [0.4, 0.5) is 5.69 Å². The monoisotopic (exact) mass is 318 g/mol. The maximum atomic E-state index is 11.7. The molecule has 1 heterocycles. The first-order valence-electron chi connectivity index (χ1n) is 4.83. The van der Waals surface area contributed by atoms with Crippen LogP contribution in [0.1, 0.15) is 6.42 Å². The largest absolute Gasteiger partial charge is 0.481 e. The van der Waals surface area contributed by atoms with Crippen LogP contribution in [-0.4, -0.2) is 22.0 Å². The molecule has 1 fully saturated rings. The van der Waals surface area contributed by atoms with Crippen molar-refractivity contribution in [2.75, 3.05) is 5.32 Å². The van der Waals surface area contributed by atoms with Crippen LogP contribution >= 0.6 is 27.5 Å². The molecule has 2 atom stereocenters. The lowest BCUT2D eigenvalue weighted by atomic mass is 10.3. The first-order chi connectivity index (χ1) is 7.99. The Bertz CT molecular complexity index is 494. The Balaban J connectivity index is 2.04. The van der Waals surface area contributed by atoms with Crippen molar-refractivity contribution in [3.8, 4) is 0 Å².